The lowest BCUT2D eigenvalue weighted by Crippen LogP contribution is -2.47. The van der Waals surface area contributed by atoms with Crippen molar-refractivity contribution in [3.8, 4) is 5.69 Å². The molecule has 0 atom stereocenters. The van der Waals surface area contributed by atoms with Gasteiger partial charge < -0.3 is 15.0 Å². The first-order valence-corrected chi connectivity index (χ1v) is 10.9. The topological polar surface area (TPSA) is 76.5 Å². The SMILES string of the molecule is CCOC(=O)N1CCC(NC(=O)CSc2nccn2-c2cc(C)ccc2C)CC1. The summed E-state index contributed by atoms with van der Waals surface area (Å²) in [6.45, 7) is 7.52. The van der Waals surface area contributed by atoms with Crippen molar-refractivity contribution in [1.82, 2.24) is 19.8 Å². The zero-order chi connectivity index (χ0) is 20.8. The maximum absolute atomic E-state index is 12.4. The molecule has 2 amide bonds. The summed E-state index contributed by atoms with van der Waals surface area (Å²) in [7, 11) is 0. The van der Waals surface area contributed by atoms with Crippen LogP contribution in [0.5, 0.6) is 0 Å². The van der Waals surface area contributed by atoms with Crippen molar-refractivity contribution < 1.29 is 14.3 Å². The summed E-state index contributed by atoms with van der Waals surface area (Å²) in [6, 6.07) is 6.39. The minimum atomic E-state index is -0.272. The summed E-state index contributed by atoms with van der Waals surface area (Å²) in [5, 5.41) is 3.87. The molecule has 0 saturated carbocycles. The summed E-state index contributed by atoms with van der Waals surface area (Å²) < 4.78 is 7.05. The van der Waals surface area contributed by atoms with Crippen LogP contribution in [-0.2, 0) is 9.53 Å². The van der Waals surface area contributed by atoms with Gasteiger partial charge in [-0.3, -0.25) is 9.36 Å². The van der Waals surface area contributed by atoms with E-state index in [1.54, 1.807) is 18.0 Å². The molecule has 3 rings (SSSR count). The Morgan fingerprint density at radius 1 is 1.28 bits per heavy atom. The lowest BCUT2D eigenvalue weighted by molar-refractivity contribution is -0.119. The number of hydrogen-bond donors (Lipinski definition) is 1. The lowest BCUT2D eigenvalue weighted by Gasteiger charge is -2.31. The largest absolute Gasteiger partial charge is 0.450 e. The van der Waals surface area contributed by atoms with Gasteiger partial charge in [-0.2, -0.15) is 0 Å². The third-order valence-electron chi connectivity index (χ3n) is 4.95. The van der Waals surface area contributed by atoms with Crippen LogP contribution in [0.4, 0.5) is 4.79 Å². The minimum Gasteiger partial charge on any atom is -0.450 e. The maximum atomic E-state index is 12.4. The van der Waals surface area contributed by atoms with E-state index in [0.717, 1.165) is 29.2 Å². The number of hydrogen-bond acceptors (Lipinski definition) is 5. The number of rotatable bonds is 6. The number of imidazole rings is 1. The Balaban J connectivity index is 1.51. The molecule has 0 spiro atoms. The zero-order valence-corrected chi connectivity index (χ0v) is 18.0. The first kappa shape index (κ1) is 21.2. The number of nitrogens with zero attached hydrogens (tertiary/aromatic N) is 3. The van der Waals surface area contributed by atoms with E-state index >= 15 is 0 Å². The Morgan fingerprint density at radius 2 is 2.03 bits per heavy atom. The van der Waals surface area contributed by atoms with E-state index in [-0.39, 0.29) is 18.0 Å². The molecule has 1 aliphatic heterocycles. The molecule has 1 aliphatic rings. The Morgan fingerprint density at radius 3 is 2.76 bits per heavy atom. The van der Waals surface area contributed by atoms with Crippen molar-refractivity contribution in [2.24, 2.45) is 0 Å². The number of amides is 2. The van der Waals surface area contributed by atoms with Crippen LogP contribution in [0.3, 0.4) is 0 Å². The van der Waals surface area contributed by atoms with Crippen LogP contribution in [0, 0.1) is 13.8 Å². The van der Waals surface area contributed by atoms with Crippen LogP contribution in [-0.4, -0.2) is 57.9 Å². The highest BCUT2D eigenvalue weighted by molar-refractivity contribution is 7.99. The second-order valence-electron chi connectivity index (χ2n) is 7.19. The first-order chi connectivity index (χ1) is 14.0. The van der Waals surface area contributed by atoms with Crippen molar-refractivity contribution in [3.63, 3.8) is 0 Å². The molecule has 1 aromatic carbocycles. The van der Waals surface area contributed by atoms with Crippen molar-refractivity contribution in [1.29, 1.82) is 0 Å². The van der Waals surface area contributed by atoms with Crippen molar-refractivity contribution >= 4 is 23.8 Å². The molecule has 1 aromatic heterocycles. The number of piperidine rings is 1. The van der Waals surface area contributed by atoms with Crippen molar-refractivity contribution in [2.45, 2.75) is 44.8 Å². The Bertz CT molecular complexity index is 859. The van der Waals surface area contributed by atoms with Gasteiger partial charge in [0.2, 0.25) is 5.91 Å². The van der Waals surface area contributed by atoms with E-state index in [1.165, 1.54) is 17.3 Å². The van der Waals surface area contributed by atoms with Gasteiger partial charge in [0.1, 0.15) is 0 Å². The molecule has 0 aliphatic carbocycles. The molecular weight excluding hydrogens is 388 g/mol. The number of carbonyl (C=O) groups excluding carboxylic acids is 2. The number of nitrogens with one attached hydrogen (secondary N) is 1. The molecule has 29 heavy (non-hydrogen) atoms. The number of aromatic nitrogens is 2. The van der Waals surface area contributed by atoms with Crippen molar-refractivity contribution in [3.05, 3.63) is 41.7 Å². The third kappa shape index (κ3) is 5.53. The predicted molar refractivity (Wildman–Crippen MR) is 114 cm³/mol. The second kappa shape index (κ2) is 9.82. The fraction of sp³-hybridized carbons (Fsp3) is 0.476. The molecule has 1 fully saturated rings. The fourth-order valence-corrected chi connectivity index (χ4v) is 4.16. The highest BCUT2D eigenvalue weighted by atomic mass is 32.2. The van der Waals surface area contributed by atoms with Crippen LogP contribution in [0.2, 0.25) is 0 Å². The Hall–Kier alpha value is -2.48. The standard InChI is InChI=1S/C21H28N4O3S/c1-4-28-21(27)24-10-7-17(8-11-24)23-19(26)14-29-20-22-9-12-25(20)18-13-15(2)5-6-16(18)3/h5-6,9,12-13,17H,4,7-8,10-11,14H2,1-3H3,(H,23,26). The Kier molecular flexibility index (Phi) is 7.19. The van der Waals surface area contributed by atoms with Crippen LogP contribution in [0.15, 0.2) is 35.7 Å². The van der Waals surface area contributed by atoms with E-state index in [1.807, 2.05) is 10.8 Å². The molecular formula is C21H28N4O3S. The average molecular weight is 417 g/mol. The maximum Gasteiger partial charge on any atom is 0.409 e. The summed E-state index contributed by atoms with van der Waals surface area (Å²) in [5.41, 5.74) is 3.42. The van der Waals surface area contributed by atoms with Gasteiger partial charge in [0, 0.05) is 31.5 Å². The molecule has 1 saturated heterocycles. The van der Waals surface area contributed by atoms with Gasteiger partial charge in [-0.25, -0.2) is 9.78 Å². The normalized spacial score (nSPS) is 14.7. The molecule has 2 aromatic rings. The summed E-state index contributed by atoms with van der Waals surface area (Å²) >= 11 is 1.43. The number of benzene rings is 1. The Labute approximate surface area is 175 Å². The smallest absolute Gasteiger partial charge is 0.409 e. The first-order valence-electron chi connectivity index (χ1n) is 9.92. The lowest BCUT2D eigenvalue weighted by atomic mass is 10.1. The monoisotopic (exact) mass is 416 g/mol. The van der Waals surface area contributed by atoms with E-state index < -0.39 is 0 Å². The molecule has 0 unspecified atom stereocenters. The highest BCUT2D eigenvalue weighted by Crippen LogP contribution is 2.23. The van der Waals surface area contributed by atoms with Gasteiger partial charge in [0.25, 0.3) is 0 Å². The molecule has 2 heterocycles. The van der Waals surface area contributed by atoms with Gasteiger partial charge in [-0.15, -0.1) is 0 Å². The number of carbonyl (C=O) groups is 2. The van der Waals surface area contributed by atoms with Crippen LogP contribution >= 0.6 is 11.8 Å². The van der Waals surface area contributed by atoms with Gasteiger partial charge in [-0.05, 0) is 50.8 Å². The van der Waals surface area contributed by atoms with Crippen LogP contribution < -0.4 is 5.32 Å². The molecule has 8 heteroatoms. The number of thioether (sulfide) groups is 1. The third-order valence-corrected chi connectivity index (χ3v) is 5.92. The minimum absolute atomic E-state index is 0.0138. The number of likely N-dealkylation sites (tertiary alicyclic amines) is 1. The predicted octanol–water partition coefficient (Wildman–Crippen LogP) is 3.32. The van der Waals surface area contributed by atoms with E-state index in [2.05, 4.69) is 42.3 Å². The summed E-state index contributed by atoms with van der Waals surface area (Å²) in [6.07, 6.45) is 4.89. The van der Waals surface area contributed by atoms with Crippen LogP contribution in [0.25, 0.3) is 5.69 Å². The van der Waals surface area contributed by atoms with Gasteiger partial charge in [0.15, 0.2) is 5.16 Å². The van der Waals surface area contributed by atoms with Gasteiger partial charge in [-0.1, -0.05) is 23.9 Å². The van der Waals surface area contributed by atoms with Gasteiger partial charge >= 0.3 is 6.09 Å². The van der Waals surface area contributed by atoms with Crippen LogP contribution in [0.1, 0.15) is 30.9 Å². The quantitative estimate of drug-likeness (QED) is 0.731. The average Bonchev–Trinajstić information content (AvgIpc) is 3.17. The number of ether oxygens (including phenoxy) is 1. The van der Waals surface area contributed by atoms with E-state index in [0.29, 0.717) is 25.4 Å². The summed E-state index contributed by atoms with van der Waals surface area (Å²) in [5.74, 6) is 0.292. The molecule has 0 radical (unpaired) electrons. The van der Waals surface area contributed by atoms with E-state index in [4.69, 9.17) is 4.74 Å². The highest BCUT2D eigenvalue weighted by Gasteiger charge is 2.24. The van der Waals surface area contributed by atoms with E-state index in [9.17, 15) is 9.59 Å². The molecule has 1 N–H and O–H groups in total. The van der Waals surface area contributed by atoms with Crippen molar-refractivity contribution in [2.75, 3.05) is 25.4 Å². The molecule has 0 bridgehead atoms. The second-order valence-corrected chi connectivity index (χ2v) is 8.13. The zero-order valence-electron chi connectivity index (χ0n) is 17.2. The molecule has 7 nitrogen and oxygen atoms in total. The molecule has 156 valence electrons. The van der Waals surface area contributed by atoms with Gasteiger partial charge in [0.05, 0.1) is 18.0 Å². The summed E-state index contributed by atoms with van der Waals surface area (Å²) in [4.78, 5) is 30.3. The fourth-order valence-electron chi connectivity index (χ4n) is 3.38. The number of aryl methyl sites for hydroxylation is 2.